The molecule has 2 atom stereocenters. The van der Waals surface area contributed by atoms with E-state index in [1.165, 1.54) is 7.11 Å². The van der Waals surface area contributed by atoms with Crippen molar-refractivity contribution in [3.05, 3.63) is 23.8 Å². The molecule has 2 unspecified atom stereocenters. The average molecular weight is 335 g/mol. The summed E-state index contributed by atoms with van der Waals surface area (Å²) in [6.45, 7) is 1.82. The first-order valence-corrected chi connectivity index (χ1v) is 6.98. The second-order valence-corrected chi connectivity index (χ2v) is 5.76. The summed E-state index contributed by atoms with van der Waals surface area (Å²) in [6, 6.07) is 1.83. The molecular weight excluding hydrogens is 314 g/mol. The molecule has 1 aromatic carbocycles. The maximum absolute atomic E-state index is 13.8. The maximum Gasteiger partial charge on any atom is 0.229 e. The molecular formula is C15H21ClF2N2O2. The highest BCUT2D eigenvalue weighted by molar-refractivity contribution is 5.93. The number of benzene rings is 1. The highest BCUT2D eigenvalue weighted by atomic mass is 35.5. The standard InChI is InChI=1S/C15H20F2N2O2.ClH/c1-15(18)6-4-3-5-9(15)14(20)19-12-7-11(17)13(21-2)8-10(12)16;/h7-9H,3-6,18H2,1-2H3,(H,19,20);1H. The average Bonchev–Trinajstić information content (AvgIpc) is 2.41. The summed E-state index contributed by atoms with van der Waals surface area (Å²) >= 11 is 0. The Morgan fingerprint density at radius 1 is 1.36 bits per heavy atom. The second kappa shape index (κ2) is 7.24. The molecule has 0 aromatic heterocycles. The van der Waals surface area contributed by atoms with Crippen LogP contribution >= 0.6 is 12.4 Å². The lowest BCUT2D eigenvalue weighted by Crippen LogP contribution is -2.51. The van der Waals surface area contributed by atoms with Crippen molar-refractivity contribution in [2.75, 3.05) is 12.4 Å². The first kappa shape index (κ1) is 18.6. The predicted molar refractivity (Wildman–Crippen MR) is 83.3 cm³/mol. The number of ether oxygens (including phenoxy) is 1. The third-order valence-corrected chi connectivity index (χ3v) is 4.07. The molecule has 0 spiro atoms. The lowest BCUT2D eigenvalue weighted by Gasteiger charge is -2.37. The normalized spacial score (nSPS) is 24.3. The Kier molecular flexibility index (Phi) is 6.14. The van der Waals surface area contributed by atoms with Crippen LogP contribution in [0.15, 0.2) is 12.1 Å². The number of nitrogens with one attached hydrogen (secondary N) is 1. The number of methoxy groups -OCH3 is 1. The molecule has 0 aliphatic heterocycles. The Morgan fingerprint density at radius 3 is 2.64 bits per heavy atom. The Balaban J connectivity index is 0.00000242. The molecule has 22 heavy (non-hydrogen) atoms. The summed E-state index contributed by atoms with van der Waals surface area (Å²) in [6.07, 6.45) is 3.27. The minimum Gasteiger partial charge on any atom is -0.494 e. The fourth-order valence-corrected chi connectivity index (χ4v) is 2.79. The SMILES string of the molecule is COc1cc(F)c(NC(=O)C2CCCCC2(C)N)cc1F.Cl. The molecule has 1 aliphatic rings. The summed E-state index contributed by atoms with van der Waals surface area (Å²) < 4.78 is 32.1. The Bertz CT molecular complexity index is 553. The van der Waals surface area contributed by atoms with E-state index in [4.69, 9.17) is 5.73 Å². The van der Waals surface area contributed by atoms with Gasteiger partial charge in [-0.2, -0.15) is 0 Å². The van der Waals surface area contributed by atoms with Crippen molar-refractivity contribution in [3.63, 3.8) is 0 Å². The van der Waals surface area contributed by atoms with Crippen LogP contribution in [0.5, 0.6) is 5.75 Å². The van der Waals surface area contributed by atoms with Crippen molar-refractivity contribution in [2.24, 2.45) is 11.7 Å². The molecule has 1 saturated carbocycles. The molecule has 124 valence electrons. The predicted octanol–water partition coefficient (Wildman–Crippen LogP) is 3.24. The van der Waals surface area contributed by atoms with Crippen LogP contribution in [0.2, 0.25) is 0 Å². The van der Waals surface area contributed by atoms with Gasteiger partial charge in [-0.05, 0) is 19.8 Å². The van der Waals surface area contributed by atoms with Crippen molar-refractivity contribution in [1.29, 1.82) is 0 Å². The Hall–Kier alpha value is -1.40. The van der Waals surface area contributed by atoms with Crippen molar-refractivity contribution in [3.8, 4) is 5.75 Å². The van der Waals surface area contributed by atoms with Gasteiger partial charge in [0.2, 0.25) is 5.91 Å². The highest BCUT2D eigenvalue weighted by Gasteiger charge is 2.38. The number of carbonyl (C=O) groups excluding carboxylic acids is 1. The summed E-state index contributed by atoms with van der Waals surface area (Å²) in [5.74, 6) is -2.45. The molecule has 1 amide bonds. The zero-order valence-electron chi connectivity index (χ0n) is 12.6. The number of nitrogens with two attached hydrogens (primary N) is 1. The number of hydrogen-bond acceptors (Lipinski definition) is 3. The van der Waals surface area contributed by atoms with Crippen LogP contribution in [0, 0.1) is 17.6 Å². The van der Waals surface area contributed by atoms with Crippen LogP contribution < -0.4 is 15.8 Å². The summed E-state index contributed by atoms with van der Waals surface area (Å²) in [5, 5.41) is 2.44. The fourth-order valence-electron chi connectivity index (χ4n) is 2.79. The molecule has 3 N–H and O–H groups in total. The van der Waals surface area contributed by atoms with Crippen LogP contribution in [-0.2, 0) is 4.79 Å². The van der Waals surface area contributed by atoms with Crippen molar-refractivity contribution in [2.45, 2.75) is 38.1 Å². The summed E-state index contributed by atoms with van der Waals surface area (Å²) in [7, 11) is 1.25. The van der Waals surface area contributed by atoms with Gasteiger partial charge in [0.25, 0.3) is 0 Å². The van der Waals surface area contributed by atoms with Gasteiger partial charge < -0.3 is 15.8 Å². The van der Waals surface area contributed by atoms with Crippen LogP contribution in [0.1, 0.15) is 32.6 Å². The van der Waals surface area contributed by atoms with Gasteiger partial charge >= 0.3 is 0 Å². The maximum atomic E-state index is 13.8. The number of anilines is 1. The Morgan fingerprint density at radius 2 is 2.05 bits per heavy atom. The molecule has 1 aliphatic carbocycles. The molecule has 1 aromatic rings. The zero-order valence-corrected chi connectivity index (χ0v) is 13.4. The second-order valence-electron chi connectivity index (χ2n) is 5.76. The number of amides is 1. The van der Waals surface area contributed by atoms with Crippen LogP contribution in [-0.4, -0.2) is 18.6 Å². The first-order valence-electron chi connectivity index (χ1n) is 6.98. The Labute approximate surface area is 134 Å². The summed E-state index contributed by atoms with van der Waals surface area (Å²) in [4.78, 5) is 12.3. The highest BCUT2D eigenvalue weighted by Crippen LogP contribution is 2.33. The van der Waals surface area contributed by atoms with Crippen molar-refractivity contribution >= 4 is 24.0 Å². The molecule has 0 bridgehead atoms. The van der Waals surface area contributed by atoms with Crippen molar-refractivity contribution in [1.82, 2.24) is 0 Å². The van der Waals surface area contributed by atoms with Gasteiger partial charge in [-0.3, -0.25) is 4.79 Å². The lowest BCUT2D eigenvalue weighted by atomic mass is 9.74. The smallest absolute Gasteiger partial charge is 0.229 e. The van der Waals surface area contributed by atoms with Gasteiger partial charge in [-0.15, -0.1) is 12.4 Å². The zero-order chi connectivity index (χ0) is 15.6. The van der Waals surface area contributed by atoms with Crippen LogP contribution in [0.4, 0.5) is 14.5 Å². The monoisotopic (exact) mass is 334 g/mol. The van der Waals surface area contributed by atoms with E-state index in [-0.39, 0.29) is 29.8 Å². The fraction of sp³-hybridized carbons (Fsp3) is 0.533. The van der Waals surface area contributed by atoms with Gasteiger partial charge in [0, 0.05) is 17.7 Å². The molecule has 0 heterocycles. The number of halogens is 3. The van der Waals surface area contributed by atoms with E-state index in [1.807, 2.05) is 6.92 Å². The lowest BCUT2D eigenvalue weighted by molar-refractivity contribution is -0.122. The van der Waals surface area contributed by atoms with E-state index in [0.29, 0.717) is 6.42 Å². The molecule has 2 rings (SSSR count). The minimum absolute atomic E-state index is 0. The van der Waals surface area contributed by atoms with Crippen LogP contribution in [0.25, 0.3) is 0 Å². The molecule has 1 fully saturated rings. The number of hydrogen-bond donors (Lipinski definition) is 2. The number of carbonyl (C=O) groups is 1. The third kappa shape index (κ3) is 3.87. The van der Waals surface area contributed by atoms with E-state index in [9.17, 15) is 13.6 Å². The molecule has 0 saturated heterocycles. The van der Waals surface area contributed by atoms with Gasteiger partial charge in [-0.25, -0.2) is 8.78 Å². The number of rotatable bonds is 3. The molecule has 0 radical (unpaired) electrons. The van der Waals surface area contributed by atoms with Gasteiger partial charge in [0.15, 0.2) is 17.4 Å². The van der Waals surface area contributed by atoms with Gasteiger partial charge in [0.05, 0.1) is 18.7 Å². The summed E-state index contributed by atoms with van der Waals surface area (Å²) in [5.41, 5.74) is 5.33. The van der Waals surface area contributed by atoms with E-state index >= 15 is 0 Å². The van der Waals surface area contributed by atoms with E-state index < -0.39 is 23.1 Å². The molecule has 7 heteroatoms. The topological polar surface area (TPSA) is 64.3 Å². The van der Waals surface area contributed by atoms with E-state index in [0.717, 1.165) is 31.4 Å². The van der Waals surface area contributed by atoms with E-state index in [1.54, 1.807) is 0 Å². The molecule has 4 nitrogen and oxygen atoms in total. The van der Waals surface area contributed by atoms with Crippen molar-refractivity contribution < 1.29 is 18.3 Å². The minimum atomic E-state index is -0.740. The first-order chi connectivity index (χ1) is 9.85. The van der Waals surface area contributed by atoms with Crippen LogP contribution in [0.3, 0.4) is 0 Å². The third-order valence-electron chi connectivity index (χ3n) is 4.07. The largest absolute Gasteiger partial charge is 0.494 e. The van der Waals surface area contributed by atoms with E-state index in [2.05, 4.69) is 10.1 Å². The quantitative estimate of drug-likeness (QED) is 0.892. The van der Waals surface area contributed by atoms with Gasteiger partial charge in [0.1, 0.15) is 0 Å². The van der Waals surface area contributed by atoms with Gasteiger partial charge in [-0.1, -0.05) is 12.8 Å².